The molecule has 0 aliphatic carbocycles. The van der Waals surface area contributed by atoms with Crippen LogP contribution in [-0.2, 0) is 6.42 Å². The zero-order chi connectivity index (χ0) is 13.8. The lowest BCUT2D eigenvalue weighted by Crippen LogP contribution is -2.52. The quantitative estimate of drug-likeness (QED) is 0.883. The Bertz CT molecular complexity index is 546. The van der Waals surface area contributed by atoms with Crippen LogP contribution in [0.4, 0.5) is 5.69 Å². The first-order chi connectivity index (χ1) is 9.83. The van der Waals surface area contributed by atoms with E-state index in [4.69, 9.17) is 11.6 Å². The molecule has 1 heterocycles. The average molecular weight is 360 g/mol. The second kappa shape index (κ2) is 9.26. The summed E-state index contributed by atoms with van der Waals surface area (Å²) in [4.78, 5) is 2.49. The van der Waals surface area contributed by atoms with Crippen molar-refractivity contribution in [2.45, 2.75) is 12.5 Å². The summed E-state index contributed by atoms with van der Waals surface area (Å²) in [7, 11) is 0. The molecule has 5 heteroatoms. The molecule has 0 saturated carbocycles. The first-order valence-electron chi connectivity index (χ1n) is 7.10. The molecule has 0 amide bonds. The molecule has 2 nitrogen and oxygen atoms in total. The SMILES string of the molecule is Cl.Cl.Clc1ccc(N2CCNCC2Cc2ccccc2)cc1. The van der Waals surface area contributed by atoms with Crippen molar-refractivity contribution in [2.75, 3.05) is 24.5 Å². The van der Waals surface area contributed by atoms with Crippen LogP contribution >= 0.6 is 36.4 Å². The average Bonchev–Trinajstić information content (AvgIpc) is 2.50. The summed E-state index contributed by atoms with van der Waals surface area (Å²) in [5, 5.41) is 4.29. The minimum absolute atomic E-state index is 0. The van der Waals surface area contributed by atoms with Gasteiger partial charge in [0.2, 0.25) is 0 Å². The van der Waals surface area contributed by atoms with Gasteiger partial charge >= 0.3 is 0 Å². The van der Waals surface area contributed by atoms with E-state index in [9.17, 15) is 0 Å². The smallest absolute Gasteiger partial charge is 0.0455 e. The maximum absolute atomic E-state index is 5.99. The number of hydrogen-bond donors (Lipinski definition) is 1. The monoisotopic (exact) mass is 358 g/mol. The maximum Gasteiger partial charge on any atom is 0.0455 e. The first-order valence-corrected chi connectivity index (χ1v) is 7.47. The van der Waals surface area contributed by atoms with Gasteiger partial charge in [-0.25, -0.2) is 0 Å². The number of rotatable bonds is 3. The Labute approximate surface area is 149 Å². The van der Waals surface area contributed by atoms with E-state index < -0.39 is 0 Å². The molecule has 22 heavy (non-hydrogen) atoms. The minimum Gasteiger partial charge on any atom is -0.366 e. The molecule has 1 unspecified atom stereocenters. The molecule has 3 rings (SSSR count). The molecular formula is C17H21Cl3N2. The number of anilines is 1. The van der Waals surface area contributed by atoms with Gasteiger partial charge in [0.25, 0.3) is 0 Å². The van der Waals surface area contributed by atoms with E-state index in [-0.39, 0.29) is 24.8 Å². The van der Waals surface area contributed by atoms with E-state index >= 15 is 0 Å². The molecule has 2 aromatic carbocycles. The highest BCUT2D eigenvalue weighted by atomic mass is 35.5. The Morgan fingerprint density at radius 3 is 2.36 bits per heavy atom. The van der Waals surface area contributed by atoms with E-state index in [2.05, 4.69) is 52.7 Å². The molecule has 0 bridgehead atoms. The van der Waals surface area contributed by atoms with Crippen molar-refractivity contribution < 1.29 is 0 Å². The Morgan fingerprint density at radius 1 is 1.00 bits per heavy atom. The van der Waals surface area contributed by atoms with Gasteiger partial charge in [-0.2, -0.15) is 0 Å². The van der Waals surface area contributed by atoms with Crippen LogP contribution in [0.3, 0.4) is 0 Å². The summed E-state index contributed by atoms with van der Waals surface area (Å²) < 4.78 is 0. The van der Waals surface area contributed by atoms with Gasteiger partial charge in [-0.3, -0.25) is 0 Å². The first kappa shape index (κ1) is 19.1. The van der Waals surface area contributed by atoms with Crippen molar-refractivity contribution in [3.8, 4) is 0 Å². The normalized spacial score (nSPS) is 17.3. The lowest BCUT2D eigenvalue weighted by atomic mass is 10.0. The van der Waals surface area contributed by atoms with E-state index in [1.54, 1.807) is 0 Å². The highest BCUT2D eigenvalue weighted by Crippen LogP contribution is 2.22. The highest BCUT2D eigenvalue weighted by Gasteiger charge is 2.22. The van der Waals surface area contributed by atoms with Crippen LogP contribution in [0.25, 0.3) is 0 Å². The molecular weight excluding hydrogens is 339 g/mol. The fourth-order valence-electron chi connectivity index (χ4n) is 2.80. The Balaban J connectivity index is 0.00000121. The van der Waals surface area contributed by atoms with Crippen molar-refractivity contribution in [3.05, 3.63) is 65.2 Å². The summed E-state index contributed by atoms with van der Waals surface area (Å²) in [5.74, 6) is 0. The molecule has 2 aromatic rings. The molecule has 1 fully saturated rings. The molecule has 1 N–H and O–H groups in total. The Kier molecular flexibility index (Phi) is 8.05. The van der Waals surface area contributed by atoms with Crippen molar-refractivity contribution in [2.24, 2.45) is 0 Å². The third kappa shape index (κ3) is 4.79. The summed E-state index contributed by atoms with van der Waals surface area (Å²) >= 11 is 5.99. The molecule has 0 aromatic heterocycles. The van der Waals surface area contributed by atoms with Crippen molar-refractivity contribution in [3.63, 3.8) is 0 Å². The molecule has 0 radical (unpaired) electrons. The Hall–Kier alpha value is -0.930. The summed E-state index contributed by atoms with van der Waals surface area (Å²) in [6.07, 6.45) is 1.07. The van der Waals surface area contributed by atoms with Crippen LogP contribution in [0.2, 0.25) is 5.02 Å². The largest absolute Gasteiger partial charge is 0.366 e. The predicted molar refractivity (Wildman–Crippen MR) is 100 cm³/mol. The maximum atomic E-state index is 5.99. The van der Waals surface area contributed by atoms with Gasteiger partial charge in [0.05, 0.1) is 0 Å². The lowest BCUT2D eigenvalue weighted by Gasteiger charge is -2.38. The van der Waals surface area contributed by atoms with Crippen molar-refractivity contribution >= 4 is 42.1 Å². The van der Waals surface area contributed by atoms with Crippen molar-refractivity contribution in [1.82, 2.24) is 5.32 Å². The van der Waals surface area contributed by atoms with E-state index in [1.807, 2.05) is 12.1 Å². The summed E-state index contributed by atoms with van der Waals surface area (Å²) in [6.45, 7) is 3.10. The number of halogens is 3. The number of nitrogens with zero attached hydrogens (tertiary/aromatic N) is 1. The van der Waals surface area contributed by atoms with E-state index in [1.165, 1.54) is 11.3 Å². The predicted octanol–water partition coefficient (Wildman–Crippen LogP) is 4.20. The number of nitrogens with one attached hydrogen (secondary N) is 1. The van der Waals surface area contributed by atoms with Crippen LogP contribution in [0, 0.1) is 0 Å². The standard InChI is InChI=1S/C17H19ClN2.2ClH/c18-15-6-8-16(9-7-15)20-11-10-19-13-17(20)12-14-4-2-1-3-5-14;;/h1-9,17,19H,10-13H2;2*1H. The molecule has 1 atom stereocenters. The van der Waals surface area contributed by atoms with Crippen molar-refractivity contribution in [1.29, 1.82) is 0 Å². The molecule has 120 valence electrons. The van der Waals surface area contributed by atoms with Gasteiger partial charge < -0.3 is 10.2 Å². The zero-order valence-corrected chi connectivity index (χ0v) is 14.6. The van der Waals surface area contributed by atoms with Crippen LogP contribution in [-0.4, -0.2) is 25.7 Å². The third-order valence-corrected chi connectivity index (χ3v) is 4.07. The fraction of sp³-hybridized carbons (Fsp3) is 0.294. The van der Waals surface area contributed by atoms with Crippen LogP contribution in [0.5, 0.6) is 0 Å². The molecule has 0 spiro atoms. The van der Waals surface area contributed by atoms with Gasteiger partial charge in [-0.1, -0.05) is 41.9 Å². The van der Waals surface area contributed by atoms with Gasteiger partial charge in [-0.15, -0.1) is 24.8 Å². The van der Waals surface area contributed by atoms with Gasteiger partial charge in [-0.05, 0) is 36.2 Å². The lowest BCUT2D eigenvalue weighted by molar-refractivity contribution is 0.473. The zero-order valence-electron chi connectivity index (χ0n) is 12.2. The highest BCUT2D eigenvalue weighted by molar-refractivity contribution is 6.30. The van der Waals surface area contributed by atoms with E-state index in [0.717, 1.165) is 31.1 Å². The third-order valence-electron chi connectivity index (χ3n) is 3.82. The van der Waals surface area contributed by atoms with Gasteiger partial charge in [0.1, 0.15) is 0 Å². The number of benzene rings is 2. The minimum atomic E-state index is 0. The van der Waals surface area contributed by atoms with E-state index in [0.29, 0.717) is 6.04 Å². The Morgan fingerprint density at radius 2 is 1.68 bits per heavy atom. The second-order valence-corrected chi connectivity index (χ2v) is 5.65. The fourth-order valence-corrected chi connectivity index (χ4v) is 2.93. The molecule has 1 aliphatic heterocycles. The number of piperazine rings is 1. The van der Waals surface area contributed by atoms with Gasteiger partial charge in [0, 0.05) is 36.4 Å². The number of hydrogen-bond acceptors (Lipinski definition) is 2. The molecule has 1 aliphatic rings. The van der Waals surface area contributed by atoms with Gasteiger partial charge in [0.15, 0.2) is 0 Å². The summed E-state index contributed by atoms with van der Waals surface area (Å²) in [6, 6.07) is 19.4. The topological polar surface area (TPSA) is 15.3 Å². The second-order valence-electron chi connectivity index (χ2n) is 5.22. The van der Waals surface area contributed by atoms with Crippen LogP contribution < -0.4 is 10.2 Å². The van der Waals surface area contributed by atoms with Crippen LogP contribution in [0.1, 0.15) is 5.56 Å². The van der Waals surface area contributed by atoms with Crippen LogP contribution in [0.15, 0.2) is 54.6 Å². The summed E-state index contributed by atoms with van der Waals surface area (Å²) in [5.41, 5.74) is 2.65. The molecule has 1 saturated heterocycles.